The summed E-state index contributed by atoms with van der Waals surface area (Å²) in [6.45, 7) is 12.8. The molecule has 34 heavy (non-hydrogen) atoms. The quantitative estimate of drug-likeness (QED) is 0.456. The summed E-state index contributed by atoms with van der Waals surface area (Å²) >= 11 is 0. The lowest BCUT2D eigenvalue weighted by molar-refractivity contribution is -0.117. The lowest BCUT2D eigenvalue weighted by Gasteiger charge is -2.29. The Hall–Kier alpha value is -2.95. The highest BCUT2D eigenvalue weighted by Crippen LogP contribution is 2.31. The Balaban J connectivity index is 1.67. The first-order valence-electron chi connectivity index (χ1n) is 12.0. The lowest BCUT2D eigenvalue weighted by Crippen LogP contribution is -2.30. The van der Waals surface area contributed by atoms with Gasteiger partial charge in [-0.2, -0.15) is 0 Å². The number of amides is 1. The van der Waals surface area contributed by atoms with E-state index in [0.717, 1.165) is 29.9 Å². The van der Waals surface area contributed by atoms with Crippen LogP contribution in [0.15, 0.2) is 47.5 Å². The van der Waals surface area contributed by atoms with Crippen LogP contribution in [-0.2, 0) is 11.2 Å². The minimum atomic E-state index is -0.254. The number of hydrogen-bond acceptors (Lipinski definition) is 4. The van der Waals surface area contributed by atoms with Gasteiger partial charge in [0.15, 0.2) is 5.78 Å². The van der Waals surface area contributed by atoms with E-state index >= 15 is 0 Å². The van der Waals surface area contributed by atoms with E-state index in [2.05, 4.69) is 52.9 Å². The highest BCUT2D eigenvalue weighted by atomic mass is 16.5. The van der Waals surface area contributed by atoms with E-state index in [4.69, 9.17) is 9.73 Å². The molecule has 0 fully saturated rings. The number of fused-ring (bicyclic) bond motifs is 1. The molecule has 0 aromatic heterocycles. The van der Waals surface area contributed by atoms with Gasteiger partial charge < -0.3 is 10.1 Å². The molecule has 5 heteroatoms. The zero-order valence-corrected chi connectivity index (χ0v) is 21.6. The zero-order valence-electron chi connectivity index (χ0n) is 21.6. The van der Waals surface area contributed by atoms with Gasteiger partial charge in [0, 0.05) is 23.2 Å². The molecular weight excluding hydrogens is 424 g/mol. The Kier molecular flexibility index (Phi) is 7.64. The first-order chi connectivity index (χ1) is 15.8. The molecule has 2 aromatic rings. The normalized spacial score (nSPS) is 15.7. The summed E-state index contributed by atoms with van der Waals surface area (Å²) in [5.41, 5.74) is 4.22. The predicted molar refractivity (Wildman–Crippen MR) is 139 cm³/mol. The van der Waals surface area contributed by atoms with Gasteiger partial charge >= 0.3 is 0 Å². The van der Waals surface area contributed by atoms with Crippen molar-refractivity contribution in [3.63, 3.8) is 0 Å². The van der Waals surface area contributed by atoms with Crippen LogP contribution < -0.4 is 10.1 Å². The van der Waals surface area contributed by atoms with Crippen molar-refractivity contribution in [3.8, 4) is 5.75 Å². The molecule has 5 nitrogen and oxygen atoms in total. The van der Waals surface area contributed by atoms with Gasteiger partial charge in [0.2, 0.25) is 5.91 Å². The van der Waals surface area contributed by atoms with E-state index in [9.17, 15) is 9.59 Å². The average Bonchev–Trinajstić information content (AvgIpc) is 2.71. The topological polar surface area (TPSA) is 67.8 Å². The molecule has 0 aliphatic carbocycles. The van der Waals surface area contributed by atoms with Gasteiger partial charge in [0.05, 0.1) is 24.8 Å². The molecule has 1 atom stereocenters. The van der Waals surface area contributed by atoms with Gasteiger partial charge in [-0.1, -0.05) is 33.8 Å². The van der Waals surface area contributed by atoms with Crippen LogP contribution in [0.2, 0.25) is 0 Å². The van der Waals surface area contributed by atoms with Crippen molar-refractivity contribution >= 4 is 23.1 Å². The second-order valence-electron chi connectivity index (χ2n) is 11.4. The maximum absolute atomic E-state index is 13.1. The van der Waals surface area contributed by atoms with Gasteiger partial charge in [-0.3, -0.25) is 14.6 Å². The molecule has 1 unspecified atom stereocenters. The van der Waals surface area contributed by atoms with Gasteiger partial charge in [0.25, 0.3) is 0 Å². The number of anilines is 1. The van der Waals surface area contributed by atoms with Crippen LogP contribution in [-0.4, -0.2) is 30.1 Å². The Bertz CT molecular complexity index is 1080. The smallest absolute Gasteiger partial charge is 0.224 e. The van der Waals surface area contributed by atoms with Crippen molar-refractivity contribution < 1.29 is 14.3 Å². The molecule has 0 saturated carbocycles. The predicted octanol–water partition coefficient (Wildman–Crippen LogP) is 6.49. The summed E-state index contributed by atoms with van der Waals surface area (Å²) in [7, 11) is 1.64. The molecule has 182 valence electrons. The fraction of sp³-hybridized carbons (Fsp3) is 0.483. The van der Waals surface area contributed by atoms with Crippen molar-refractivity contribution in [3.05, 3.63) is 59.2 Å². The summed E-state index contributed by atoms with van der Waals surface area (Å²) in [4.78, 5) is 30.4. The number of Topliss-reactive ketones (excluding diaryl/α,β-unsaturated/α-hetero) is 1. The molecule has 1 heterocycles. The number of carbonyl (C=O) groups is 2. The minimum absolute atomic E-state index is 0.000161. The first kappa shape index (κ1) is 25.7. The molecule has 0 spiro atoms. The van der Waals surface area contributed by atoms with Crippen LogP contribution in [0, 0.1) is 11.3 Å². The Morgan fingerprint density at radius 2 is 1.79 bits per heavy atom. The van der Waals surface area contributed by atoms with Gasteiger partial charge in [-0.15, -0.1) is 0 Å². The van der Waals surface area contributed by atoms with Crippen LogP contribution in [0.3, 0.4) is 0 Å². The summed E-state index contributed by atoms with van der Waals surface area (Å²) < 4.78 is 5.39. The van der Waals surface area contributed by atoms with Crippen LogP contribution in [0.4, 0.5) is 5.69 Å². The summed E-state index contributed by atoms with van der Waals surface area (Å²) in [6, 6.07) is 13.1. The summed E-state index contributed by atoms with van der Waals surface area (Å²) in [6.07, 6.45) is 2.52. The van der Waals surface area contributed by atoms with Crippen molar-refractivity contribution in [2.45, 2.75) is 72.8 Å². The van der Waals surface area contributed by atoms with Crippen LogP contribution >= 0.6 is 0 Å². The molecule has 2 aromatic carbocycles. The minimum Gasteiger partial charge on any atom is -0.497 e. The molecule has 0 saturated heterocycles. The fourth-order valence-electron chi connectivity index (χ4n) is 4.81. The van der Waals surface area contributed by atoms with Crippen LogP contribution in [0.1, 0.15) is 82.3 Å². The maximum Gasteiger partial charge on any atom is 0.224 e. The molecule has 1 N–H and O–H groups in total. The number of ketones is 1. The lowest BCUT2D eigenvalue weighted by atomic mass is 9.84. The standard InChI is InChI=1S/C29H38N2O3/c1-19(17-28(2,3)4)14-27(33)30-22-11-8-20(9-12-22)26(32)16-25-24-15-23(34-7)13-10-21(24)18-29(5,6)31-25/h8-13,15,19H,14,16-18H2,1-7H3,(H,30,33). The SMILES string of the molecule is COc1ccc2c(c1)C(CC(=O)c1ccc(NC(=O)CC(C)CC(C)(C)C)cc1)=NC(C)(C)C2. The number of nitrogens with one attached hydrogen (secondary N) is 1. The second kappa shape index (κ2) is 10.1. The van der Waals surface area contributed by atoms with E-state index in [-0.39, 0.29) is 29.1 Å². The first-order valence-corrected chi connectivity index (χ1v) is 12.0. The highest BCUT2D eigenvalue weighted by Gasteiger charge is 2.28. The Morgan fingerprint density at radius 1 is 1.12 bits per heavy atom. The highest BCUT2D eigenvalue weighted by molar-refractivity contribution is 6.17. The number of aliphatic imine (C=N–C) groups is 1. The molecular formula is C29H38N2O3. The van der Waals surface area contributed by atoms with Gasteiger partial charge in [0.1, 0.15) is 5.75 Å². The molecule has 1 aliphatic rings. The fourth-order valence-corrected chi connectivity index (χ4v) is 4.81. The number of methoxy groups -OCH3 is 1. The molecule has 0 radical (unpaired) electrons. The average molecular weight is 463 g/mol. The number of carbonyl (C=O) groups excluding carboxylic acids is 2. The van der Waals surface area contributed by atoms with Crippen LogP contribution in [0.25, 0.3) is 0 Å². The third-order valence-corrected chi connectivity index (χ3v) is 6.00. The number of nitrogens with zero attached hydrogens (tertiary/aromatic N) is 1. The molecule has 0 bridgehead atoms. The van der Waals surface area contributed by atoms with Gasteiger partial charge in [-0.05, 0) is 80.0 Å². The number of ether oxygens (including phenoxy) is 1. The third kappa shape index (κ3) is 7.02. The van der Waals surface area contributed by atoms with Crippen LogP contribution in [0.5, 0.6) is 5.75 Å². The number of hydrogen-bond donors (Lipinski definition) is 1. The number of benzene rings is 2. The van der Waals surface area contributed by atoms with Crippen molar-refractivity contribution in [1.82, 2.24) is 0 Å². The van der Waals surface area contributed by atoms with Crippen molar-refractivity contribution in [1.29, 1.82) is 0 Å². The molecule has 3 rings (SSSR count). The largest absolute Gasteiger partial charge is 0.497 e. The second-order valence-corrected chi connectivity index (χ2v) is 11.4. The Morgan fingerprint density at radius 3 is 2.41 bits per heavy atom. The third-order valence-electron chi connectivity index (χ3n) is 6.00. The van der Waals surface area contributed by atoms with Gasteiger partial charge in [-0.25, -0.2) is 0 Å². The van der Waals surface area contributed by atoms with Crippen molar-refractivity contribution in [2.24, 2.45) is 16.3 Å². The Labute approximate surface area is 204 Å². The molecule has 1 aliphatic heterocycles. The molecule has 1 amide bonds. The van der Waals surface area contributed by atoms with Crippen molar-refractivity contribution in [2.75, 3.05) is 12.4 Å². The maximum atomic E-state index is 13.1. The van der Waals surface area contributed by atoms with E-state index in [1.165, 1.54) is 5.56 Å². The monoisotopic (exact) mass is 462 g/mol. The summed E-state index contributed by atoms with van der Waals surface area (Å²) in [5, 5.41) is 2.95. The zero-order chi connectivity index (χ0) is 25.1. The number of rotatable bonds is 8. The summed E-state index contributed by atoms with van der Waals surface area (Å²) in [5.74, 6) is 1.07. The van der Waals surface area contributed by atoms with E-state index in [0.29, 0.717) is 23.6 Å². The van der Waals surface area contributed by atoms with E-state index in [1.807, 2.05) is 12.1 Å². The van der Waals surface area contributed by atoms with E-state index < -0.39 is 0 Å². The van der Waals surface area contributed by atoms with E-state index in [1.54, 1.807) is 31.4 Å².